The van der Waals surface area contributed by atoms with Crippen molar-refractivity contribution in [2.24, 2.45) is 0 Å². The van der Waals surface area contributed by atoms with Gasteiger partial charge in [-0.05, 0) is 67.0 Å². The summed E-state index contributed by atoms with van der Waals surface area (Å²) < 4.78 is 5.47. The van der Waals surface area contributed by atoms with E-state index >= 15 is 0 Å². The summed E-state index contributed by atoms with van der Waals surface area (Å²) in [6.07, 6.45) is 4.03. The van der Waals surface area contributed by atoms with Crippen molar-refractivity contribution in [1.29, 1.82) is 0 Å². The van der Waals surface area contributed by atoms with Crippen molar-refractivity contribution in [2.45, 2.75) is 45.4 Å². The van der Waals surface area contributed by atoms with Gasteiger partial charge >= 0.3 is 0 Å². The van der Waals surface area contributed by atoms with E-state index in [-0.39, 0.29) is 0 Å². The van der Waals surface area contributed by atoms with E-state index in [1.54, 1.807) is 0 Å². The molecule has 0 aliphatic carbocycles. The van der Waals surface area contributed by atoms with E-state index in [2.05, 4.69) is 53.4 Å². The molecular weight excluding hydrogens is 286 g/mol. The molecule has 4 nitrogen and oxygen atoms in total. The molecule has 4 heteroatoms. The number of pyridine rings is 2. The number of aryl methyl sites for hydroxylation is 1. The van der Waals surface area contributed by atoms with Crippen LogP contribution in [0.2, 0.25) is 0 Å². The molecule has 0 radical (unpaired) electrons. The van der Waals surface area contributed by atoms with Crippen LogP contribution in [0, 0.1) is 6.92 Å². The van der Waals surface area contributed by atoms with Gasteiger partial charge in [0, 0.05) is 25.1 Å². The Morgan fingerprint density at radius 1 is 1.13 bits per heavy atom. The Morgan fingerprint density at radius 3 is 2.65 bits per heavy atom. The number of anilines is 2. The maximum atomic E-state index is 5.47. The monoisotopic (exact) mass is 311 g/mol. The lowest BCUT2D eigenvalue weighted by Gasteiger charge is -2.23. The zero-order valence-electron chi connectivity index (χ0n) is 14.2. The summed E-state index contributed by atoms with van der Waals surface area (Å²) in [7, 11) is 0. The zero-order valence-corrected chi connectivity index (χ0v) is 14.2. The van der Waals surface area contributed by atoms with Gasteiger partial charge in [-0.1, -0.05) is 13.8 Å². The van der Waals surface area contributed by atoms with Crippen LogP contribution in [0.3, 0.4) is 0 Å². The first-order valence-electron chi connectivity index (χ1n) is 8.41. The Labute approximate surface area is 138 Å². The lowest BCUT2D eigenvalue weighted by atomic mass is 9.92. The van der Waals surface area contributed by atoms with Crippen molar-refractivity contribution in [3.63, 3.8) is 0 Å². The van der Waals surface area contributed by atoms with Gasteiger partial charge in [0.1, 0.15) is 11.6 Å². The minimum absolute atomic E-state index is 0.488. The van der Waals surface area contributed by atoms with E-state index in [1.807, 2.05) is 13.1 Å². The Hall–Kier alpha value is -1.94. The fourth-order valence-electron chi connectivity index (χ4n) is 3.03. The predicted molar refractivity (Wildman–Crippen MR) is 93.4 cm³/mol. The van der Waals surface area contributed by atoms with Gasteiger partial charge < -0.3 is 10.1 Å². The first kappa shape index (κ1) is 15.9. The lowest BCUT2D eigenvalue weighted by molar-refractivity contribution is 0.0853. The van der Waals surface area contributed by atoms with Gasteiger partial charge in [-0.2, -0.15) is 0 Å². The van der Waals surface area contributed by atoms with Crippen molar-refractivity contribution in [3.8, 4) is 0 Å². The maximum Gasteiger partial charge on any atom is 0.132 e. The first-order chi connectivity index (χ1) is 11.1. The summed E-state index contributed by atoms with van der Waals surface area (Å²) in [6, 6.07) is 8.52. The van der Waals surface area contributed by atoms with Crippen molar-refractivity contribution >= 4 is 11.6 Å². The Bertz CT molecular complexity index is 663. The molecule has 3 heterocycles. The number of ether oxygens (including phenoxy) is 1. The Morgan fingerprint density at radius 2 is 1.91 bits per heavy atom. The summed E-state index contributed by atoms with van der Waals surface area (Å²) >= 11 is 0. The number of aromatic nitrogens is 2. The van der Waals surface area contributed by atoms with Crippen LogP contribution in [0.4, 0.5) is 11.6 Å². The second kappa shape index (κ2) is 7.09. The average Bonchev–Trinajstić information content (AvgIpc) is 2.55. The van der Waals surface area contributed by atoms with Gasteiger partial charge in [-0.3, -0.25) is 0 Å². The molecule has 2 aromatic rings. The van der Waals surface area contributed by atoms with Gasteiger partial charge in [-0.25, -0.2) is 9.97 Å². The number of rotatable bonds is 4. The van der Waals surface area contributed by atoms with Crippen LogP contribution < -0.4 is 5.32 Å². The van der Waals surface area contributed by atoms with Crippen LogP contribution >= 0.6 is 0 Å². The molecule has 0 bridgehead atoms. The third-order valence-corrected chi connectivity index (χ3v) is 4.38. The molecule has 1 saturated heterocycles. The third-order valence-electron chi connectivity index (χ3n) is 4.38. The molecule has 1 N–H and O–H groups in total. The molecule has 3 rings (SSSR count). The summed E-state index contributed by atoms with van der Waals surface area (Å²) in [5.41, 5.74) is 3.67. The van der Waals surface area contributed by atoms with Crippen LogP contribution in [0.25, 0.3) is 0 Å². The maximum absolute atomic E-state index is 5.47. The molecule has 1 fully saturated rings. The molecule has 0 saturated carbocycles. The standard InChI is InChI=1S/C19H25N3O/c1-13(2)16-4-7-20-18(11-16)22-19-12-17(10-14(3)21-19)15-5-8-23-9-6-15/h4,7,10-13,15H,5-6,8-9H2,1-3H3,(H,20,21,22). The molecular formula is C19H25N3O. The van der Waals surface area contributed by atoms with Crippen molar-refractivity contribution in [1.82, 2.24) is 9.97 Å². The van der Waals surface area contributed by atoms with E-state index < -0.39 is 0 Å². The van der Waals surface area contributed by atoms with E-state index in [9.17, 15) is 0 Å². The Balaban J connectivity index is 1.82. The molecule has 23 heavy (non-hydrogen) atoms. The number of nitrogens with zero attached hydrogens (tertiary/aromatic N) is 2. The molecule has 0 unspecified atom stereocenters. The van der Waals surface area contributed by atoms with Crippen LogP contribution in [-0.4, -0.2) is 23.2 Å². The third kappa shape index (κ3) is 4.08. The molecule has 1 aliphatic heterocycles. The fourth-order valence-corrected chi connectivity index (χ4v) is 3.03. The minimum Gasteiger partial charge on any atom is -0.381 e. The summed E-state index contributed by atoms with van der Waals surface area (Å²) in [5, 5.41) is 3.37. The SMILES string of the molecule is Cc1cc(C2CCOCC2)cc(Nc2cc(C(C)C)ccn2)n1. The lowest BCUT2D eigenvalue weighted by Crippen LogP contribution is -2.14. The van der Waals surface area contributed by atoms with Crippen LogP contribution in [0.15, 0.2) is 30.5 Å². The highest BCUT2D eigenvalue weighted by Gasteiger charge is 2.17. The number of hydrogen-bond donors (Lipinski definition) is 1. The summed E-state index contributed by atoms with van der Waals surface area (Å²) in [4.78, 5) is 9.03. The molecule has 1 aliphatic rings. The van der Waals surface area contributed by atoms with Crippen molar-refractivity contribution in [3.05, 3.63) is 47.3 Å². The van der Waals surface area contributed by atoms with Gasteiger partial charge in [0.25, 0.3) is 0 Å². The topological polar surface area (TPSA) is 47.0 Å². The number of nitrogens with one attached hydrogen (secondary N) is 1. The molecule has 0 atom stereocenters. The molecule has 0 amide bonds. The first-order valence-corrected chi connectivity index (χ1v) is 8.41. The number of hydrogen-bond acceptors (Lipinski definition) is 4. The highest BCUT2D eigenvalue weighted by Crippen LogP contribution is 2.29. The van der Waals surface area contributed by atoms with Gasteiger partial charge in [0.15, 0.2) is 0 Å². The van der Waals surface area contributed by atoms with E-state index in [0.29, 0.717) is 11.8 Å². The van der Waals surface area contributed by atoms with Crippen LogP contribution in [-0.2, 0) is 4.74 Å². The van der Waals surface area contributed by atoms with Gasteiger partial charge in [0.2, 0.25) is 0 Å². The summed E-state index contributed by atoms with van der Waals surface area (Å²) in [5.74, 6) is 2.79. The molecule has 0 aromatic carbocycles. The minimum atomic E-state index is 0.488. The largest absolute Gasteiger partial charge is 0.381 e. The predicted octanol–water partition coefficient (Wildman–Crippen LogP) is 4.55. The highest BCUT2D eigenvalue weighted by molar-refractivity contribution is 5.54. The molecule has 122 valence electrons. The fraction of sp³-hybridized carbons (Fsp3) is 0.474. The molecule has 2 aromatic heterocycles. The smallest absolute Gasteiger partial charge is 0.132 e. The summed E-state index contributed by atoms with van der Waals surface area (Å²) in [6.45, 7) is 8.13. The average molecular weight is 311 g/mol. The van der Waals surface area contributed by atoms with Crippen LogP contribution in [0.5, 0.6) is 0 Å². The second-order valence-electron chi connectivity index (χ2n) is 6.57. The normalized spacial score (nSPS) is 15.8. The second-order valence-corrected chi connectivity index (χ2v) is 6.57. The highest BCUT2D eigenvalue weighted by atomic mass is 16.5. The Kier molecular flexibility index (Phi) is 4.91. The van der Waals surface area contributed by atoms with Gasteiger partial charge in [0.05, 0.1) is 0 Å². The van der Waals surface area contributed by atoms with Crippen LogP contribution in [0.1, 0.15) is 55.3 Å². The van der Waals surface area contributed by atoms with Gasteiger partial charge in [-0.15, -0.1) is 0 Å². The van der Waals surface area contributed by atoms with Crippen molar-refractivity contribution in [2.75, 3.05) is 18.5 Å². The van der Waals surface area contributed by atoms with Crippen molar-refractivity contribution < 1.29 is 4.74 Å². The van der Waals surface area contributed by atoms with E-state index in [1.165, 1.54) is 11.1 Å². The van der Waals surface area contributed by atoms with E-state index in [0.717, 1.165) is 43.4 Å². The quantitative estimate of drug-likeness (QED) is 0.900. The zero-order chi connectivity index (χ0) is 16.2. The van der Waals surface area contributed by atoms with E-state index in [4.69, 9.17) is 4.74 Å². The molecule has 0 spiro atoms.